The second-order valence-corrected chi connectivity index (χ2v) is 12.5. The minimum atomic E-state index is 0.210. The summed E-state index contributed by atoms with van der Waals surface area (Å²) in [5.41, 5.74) is 4.85. The zero-order valence-corrected chi connectivity index (χ0v) is 23.4. The van der Waals surface area contributed by atoms with Crippen LogP contribution in [0.5, 0.6) is 0 Å². The van der Waals surface area contributed by atoms with Gasteiger partial charge < -0.3 is 15.5 Å². The zero-order valence-electron chi connectivity index (χ0n) is 22.5. The Morgan fingerprint density at radius 1 is 1.10 bits per heavy atom. The number of piperidine rings is 1. The maximum atomic E-state index is 12.4. The minimum Gasteiger partial charge on any atom is -0.382 e. The molecule has 0 spiro atoms. The average molecular weight is 554 g/mol. The van der Waals surface area contributed by atoms with Gasteiger partial charge in [-0.15, -0.1) is 10.2 Å². The third kappa shape index (κ3) is 4.56. The Kier molecular flexibility index (Phi) is 6.15. The number of hydrogen-bond donors (Lipinski definition) is 2. The Hall–Kier alpha value is -4.04. The van der Waals surface area contributed by atoms with Crippen LogP contribution in [0.1, 0.15) is 45.1 Å². The van der Waals surface area contributed by atoms with Gasteiger partial charge in [0.15, 0.2) is 5.01 Å². The van der Waals surface area contributed by atoms with Crippen molar-refractivity contribution in [3.05, 3.63) is 42.2 Å². The van der Waals surface area contributed by atoms with Crippen molar-refractivity contribution in [2.45, 2.75) is 51.6 Å². The maximum Gasteiger partial charge on any atom is 0.223 e. The fourth-order valence-corrected chi connectivity index (χ4v) is 7.03. The van der Waals surface area contributed by atoms with Gasteiger partial charge in [0, 0.05) is 43.0 Å². The van der Waals surface area contributed by atoms with Crippen LogP contribution in [0.25, 0.3) is 27.5 Å². The van der Waals surface area contributed by atoms with Crippen LogP contribution >= 0.6 is 11.3 Å². The maximum absolute atomic E-state index is 12.4. The van der Waals surface area contributed by atoms with Crippen LogP contribution in [0.15, 0.2) is 36.7 Å². The molecule has 1 amide bonds. The quantitative estimate of drug-likeness (QED) is 0.346. The first-order valence-corrected chi connectivity index (χ1v) is 14.8. The molecule has 204 valence electrons. The Balaban J connectivity index is 1.14. The van der Waals surface area contributed by atoms with E-state index in [1.54, 1.807) is 22.0 Å². The third-order valence-electron chi connectivity index (χ3n) is 8.25. The van der Waals surface area contributed by atoms with Gasteiger partial charge in [-0.25, -0.2) is 4.52 Å². The lowest BCUT2D eigenvalue weighted by Crippen LogP contribution is -2.53. The van der Waals surface area contributed by atoms with E-state index in [1.165, 1.54) is 0 Å². The van der Waals surface area contributed by atoms with Gasteiger partial charge in [-0.05, 0) is 75.6 Å². The lowest BCUT2D eigenvalue weighted by atomic mass is 9.92. The number of carbonyl (C=O) groups excluding carboxylic acids is 1. The largest absolute Gasteiger partial charge is 0.382 e. The van der Waals surface area contributed by atoms with Crippen LogP contribution in [0.3, 0.4) is 0 Å². The first-order chi connectivity index (χ1) is 19.5. The predicted molar refractivity (Wildman–Crippen MR) is 154 cm³/mol. The van der Waals surface area contributed by atoms with Crippen molar-refractivity contribution in [3.8, 4) is 28.0 Å². The second kappa shape index (κ2) is 9.86. The molecule has 2 N–H and O–H groups in total. The number of nitrogens with zero attached hydrogens (tertiary/aromatic N) is 7. The van der Waals surface area contributed by atoms with Crippen molar-refractivity contribution in [1.82, 2.24) is 30.1 Å². The van der Waals surface area contributed by atoms with E-state index >= 15 is 0 Å². The number of pyridine rings is 1. The fraction of sp³-hybridized carbons (Fsp3) is 0.448. The Morgan fingerprint density at radius 2 is 1.90 bits per heavy atom. The summed E-state index contributed by atoms with van der Waals surface area (Å²) in [6, 6.07) is 10.4. The molecule has 5 heterocycles. The molecule has 2 atom stereocenters. The summed E-state index contributed by atoms with van der Waals surface area (Å²) >= 11 is 1.59. The topological polar surface area (TPSA) is 124 Å². The molecule has 40 heavy (non-hydrogen) atoms. The predicted octanol–water partition coefficient (Wildman–Crippen LogP) is 4.35. The number of amides is 1. The van der Waals surface area contributed by atoms with Gasteiger partial charge >= 0.3 is 0 Å². The number of aromatic nitrogens is 5. The van der Waals surface area contributed by atoms with Crippen molar-refractivity contribution in [2.75, 3.05) is 23.3 Å². The summed E-state index contributed by atoms with van der Waals surface area (Å²) in [7, 11) is 0. The molecule has 0 aromatic carbocycles. The van der Waals surface area contributed by atoms with Crippen LogP contribution in [0.4, 0.5) is 10.8 Å². The van der Waals surface area contributed by atoms with Crippen LogP contribution in [0.2, 0.25) is 0 Å². The van der Waals surface area contributed by atoms with Crippen molar-refractivity contribution in [1.29, 1.82) is 5.26 Å². The second-order valence-electron chi connectivity index (χ2n) is 11.5. The molecule has 7 rings (SSSR count). The highest BCUT2D eigenvalue weighted by molar-refractivity contribution is 7.18. The minimum absolute atomic E-state index is 0.210. The molecule has 0 radical (unpaired) electrons. The molecule has 3 aliphatic rings. The number of nitriles is 1. The standard InChI is InChI=1S/C29H31N9OS/c1-16(2)33-23-10-24(25-8-7-21-9-17(11-30)12-32-38(21)25)31-13-22(23)28-35-36-29(40-28)37-14-19-5-6-20(15-37)26(19)34-27(39)18-3-4-18/h7-10,12-13,16,18-20,26H,3-6,14-15H2,1-2H3,(H,31,33)(H,34,39). The fourth-order valence-electron chi connectivity index (χ4n) is 6.14. The van der Waals surface area contributed by atoms with Gasteiger partial charge in [-0.2, -0.15) is 10.4 Å². The average Bonchev–Trinajstić information content (AvgIpc) is 3.47. The molecular formula is C29H31N9OS. The molecule has 2 unspecified atom stereocenters. The number of anilines is 2. The van der Waals surface area contributed by atoms with E-state index < -0.39 is 0 Å². The van der Waals surface area contributed by atoms with E-state index in [0.717, 1.165) is 77.1 Å². The van der Waals surface area contributed by atoms with Crippen LogP contribution in [-0.2, 0) is 4.79 Å². The SMILES string of the molecule is CC(C)Nc1cc(-c2ccc3cc(C#N)cnn23)ncc1-c1nnc(N2CC3CCC(C2)C3NC(=O)C2CC2)s1. The van der Waals surface area contributed by atoms with Gasteiger partial charge in [-0.3, -0.25) is 9.78 Å². The van der Waals surface area contributed by atoms with Gasteiger partial charge in [-0.1, -0.05) is 11.3 Å². The monoisotopic (exact) mass is 553 g/mol. The number of hydrogen-bond acceptors (Lipinski definition) is 9. The van der Waals surface area contributed by atoms with Crippen molar-refractivity contribution >= 4 is 33.6 Å². The number of carbonyl (C=O) groups is 1. The van der Waals surface area contributed by atoms with E-state index in [0.29, 0.717) is 23.4 Å². The van der Waals surface area contributed by atoms with E-state index in [4.69, 9.17) is 4.98 Å². The van der Waals surface area contributed by atoms with Crippen molar-refractivity contribution < 1.29 is 4.79 Å². The molecule has 4 aromatic heterocycles. The lowest BCUT2D eigenvalue weighted by molar-refractivity contribution is -0.123. The highest BCUT2D eigenvalue weighted by Crippen LogP contribution is 2.42. The van der Waals surface area contributed by atoms with Crippen molar-refractivity contribution in [3.63, 3.8) is 0 Å². The van der Waals surface area contributed by atoms with Gasteiger partial charge in [0.1, 0.15) is 6.07 Å². The molecule has 2 aliphatic carbocycles. The summed E-state index contributed by atoms with van der Waals surface area (Å²) in [6.45, 7) is 6.01. The Bertz CT molecular complexity index is 1620. The van der Waals surface area contributed by atoms with E-state index in [1.807, 2.05) is 30.5 Å². The molecule has 1 saturated heterocycles. The third-order valence-corrected chi connectivity index (χ3v) is 9.26. The summed E-state index contributed by atoms with van der Waals surface area (Å²) < 4.78 is 1.80. The summed E-state index contributed by atoms with van der Waals surface area (Å²) in [5.74, 6) is 1.43. The molecule has 4 aromatic rings. The normalized spacial score (nSPS) is 22.1. The Labute approximate surface area is 236 Å². The van der Waals surface area contributed by atoms with Crippen molar-refractivity contribution in [2.24, 2.45) is 17.8 Å². The van der Waals surface area contributed by atoms with E-state index in [9.17, 15) is 10.1 Å². The first-order valence-electron chi connectivity index (χ1n) is 14.0. The van der Waals surface area contributed by atoms with Crippen LogP contribution in [0, 0.1) is 29.1 Å². The van der Waals surface area contributed by atoms with E-state index in [2.05, 4.69) is 50.7 Å². The molecule has 2 saturated carbocycles. The molecule has 1 aliphatic heterocycles. The molecule has 3 fully saturated rings. The van der Waals surface area contributed by atoms with Gasteiger partial charge in [0.2, 0.25) is 11.0 Å². The molecule has 2 bridgehead atoms. The Morgan fingerprint density at radius 3 is 2.62 bits per heavy atom. The smallest absolute Gasteiger partial charge is 0.223 e. The molecular weight excluding hydrogens is 522 g/mol. The summed E-state index contributed by atoms with van der Waals surface area (Å²) in [5, 5.41) is 31.5. The number of fused-ring (bicyclic) bond motifs is 3. The highest BCUT2D eigenvalue weighted by Gasteiger charge is 2.45. The summed E-state index contributed by atoms with van der Waals surface area (Å²) in [6.07, 6.45) is 7.81. The zero-order chi connectivity index (χ0) is 27.4. The van der Waals surface area contributed by atoms with Gasteiger partial charge in [0.05, 0.1) is 34.2 Å². The highest BCUT2D eigenvalue weighted by atomic mass is 32.1. The van der Waals surface area contributed by atoms with Crippen LogP contribution in [-0.4, -0.2) is 55.9 Å². The first kappa shape index (κ1) is 25.0. The van der Waals surface area contributed by atoms with Crippen LogP contribution < -0.4 is 15.5 Å². The summed E-state index contributed by atoms with van der Waals surface area (Å²) in [4.78, 5) is 19.6. The lowest BCUT2D eigenvalue weighted by Gasteiger charge is -2.38. The molecule has 11 heteroatoms. The van der Waals surface area contributed by atoms with Gasteiger partial charge in [0.25, 0.3) is 0 Å². The number of nitrogens with one attached hydrogen (secondary N) is 2. The van der Waals surface area contributed by atoms with E-state index in [-0.39, 0.29) is 17.9 Å². The molecule has 10 nitrogen and oxygen atoms in total. The number of rotatable bonds is 7.